The van der Waals surface area contributed by atoms with Gasteiger partial charge in [0.05, 0.1) is 28.6 Å². The number of sulfone groups is 1. The van der Waals surface area contributed by atoms with E-state index in [1.165, 1.54) is 35.1 Å². The Morgan fingerprint density at radius 2 is 2.08 bits per heavy atom. The summed E-state index contributed by atoms with van der Waals surface area (Å²) in [6.07, 6.45) is 9.27. The number of benzene rings is 1. The number of amides is 1. The number of nitrogens with zero attached hydrogens (tertiary/aromatic N) is 6. The second-order valence-corrected chi connectivity index (χ2v) is 12.3. The molecule has 1 saturated heterocycles. The predicted molar refractivity (Wildman–Crippen MR) is 141 cm³/mol. The van der Waals surface area contributed by atoms with Gasteiger partial charge in [-0.25, -0.2) is 17.9 Å². The zero-order valence-corrected chi connectivity index (χ0v) is 22.4. The Bertz CT molecular complexity index is 1680. The molecule has 11 nitrogen and oxygen atoms in total. The number of carbonyl (C=O) groups is 1. The molecule has 2 aliphatic rings. The Morgan fingerprint density at radius 1 is 1.25 bits per heavy atom. The number of carbonyl (C=O) groups excluding carboxylic acids is 1. The summed E-state index contributed by atoms with van der Waals surface area (Å²) in [7, 11) is -1.63. The van der Waals surface area contributed by atoms with E-state index in [-0.39, 0.29) is 39.2 Å². The van der Waals surface area contributed by atoms with Crippen LogP contribution in [0.4, 0.5) is 14.5 Å². The third-order valence-corrected chi connectivity index (χ3v) is 9.58. The Labute approximate surface area is 228 Å². The first-order valence-electron chi connectivity index (χ1n) is 12.9. The first kappa shape index (κ1) is 26.3. The van der Waals surface area contributed by atoms with E-state index in [0.29, 0.717) is 25.0 Å². The average Bonchev–Trinajstić information content (AvgIpc) is 3.42. The van der Waals surface area contributed by atoms with Crippen molar-refractivity contribution < 1.29 is 26.7 Å². The molecule has 6 rings (SSSR count). The molecule has 2 fully saturated rings. The minimum atomic E-state index is -3.65. The largest absolute Gasteiger partial charge is 0.434 e. The van der Waals surface area contributed by atoms with Crippen LogP contribution in [-0.4, -0.2) is 75.1 Å². The molecule has 1 amide bonds. The summed E-state index contributed by atoms with van der Waals surface area (Å²) >= 11 is 0. The highest BCUT2D eigenvalue weighted by Gasteiger charge is 2.37. The number of aromatic nitrogens is 5. The fraction of sp³-hybridized carbons (Fsp3) is 0.385. The molecule has 0 spiro atoms. The summed E-state index contributed by atoms with van der Waals surface area (Å²) in [5, 5.41) is 11.1. The number of nitrogens with one attached hydrogen (secondary N) is 1. The van der Waals surface area contributed by atoms with Crippen LogP contribution in [0.25, 0.3) is 16.9 Å². The lowest BCUT2D eigenvalue weighted by atomic mass is 10.1. The van der Waals surface area contributed by atoms with Gasteiger partial charge in [0.25, 0.3) is 5.91 Å². The number of alkyl halides is 2. The summed E-state index contributed by atoms with van der Waals surface area (Å²) in [5.74, 6) is -0.785. The van der Waals surface area contributed by atoms with Gasteiger partial charge in [0, 0.05) is 30.2 Å². The number of anilines is 1. The van der Waals surface area contributed by atoms with Crippen LogP contribution < -0.4 is 10.1 Å². The van der Waals surface area contributed by atoms with Crippen LogP contribution in [0.1, 0.15) is 36.0 Å². The quantitative estimate of drug-likeness (QED) is 0.324. The lowest BCUT2D eigenvalue weighted by molar-refractivity contribution is -0.0494. The van der Waals surface area contributed by atoms with E-state index in [4.69, 9.17) is 4.74 Å². The van der Waals surface area contributed by atoms with Gasteiger partial charge in [-0.1, -0.05) is 0 Å². The third kappa shape index (κ3) is 5.04. The molecule has 1 atom stereocenters. The second-order valence-electron chi connectivity index (χ2n) is 10.1. The minimum Gasteiger partial charge on any atom is -0.434 e. The van der Waals surface area contributed by atoms with Crippen LogP contribution in [-0.2, 0) is 16.4 Å². The van der Waals surface area contributed by atoms with Crippen molar-refractivity contribution in [3.8, 4) is 17.0 Å². The number of hydrogen-bond donors (Lipinski definition) is 1. The molecule has 1 unspecified atom stereocenters. The van der Waals surface area contributed by atoms with Crippen molar-refractivity contribution in [3.63, 3.8) is 0 Å². The zero-order valence-electron chi connectivity index (χ0n) is 21.6. The van der Waals surface area contributed by atoms with Crippen LogP contribution in [0.2, 0.25) is 0 Å². The maximum absolute atomic E-state index is 13.4. The number of halogens is 2. The first-order valence-corrected chi connectivity index (χ1v) is 14.5. The van der Waals surface area contributed by atoms with Crippen molar-refractivity contribution in [1.82, 2.24) is 29.3 Å². The van der Waals surface area contributed by atoms with Gasteiger partial charge in [0.2, 0.25) is 0 Å². The maximum Gasteiger partial charge on any atom is 0.387 e. The van der Waals surface area contributed by atoms with Crippen LogP contribution in [0, 0.1) is 0 Å². The Balaban J connectivity index is 1.44. The van der Waals surface area contributed by atoms with Gasteiger partial charge in [-0.2, -0.15) is 19.0 Å². The highest BCUT2D eigenvalue weighted by Crippen LogP contribution is 2.40. The fourth-order valence-electron chi connectivity index (χ4n) is 5.05. The zero-order chi connectivity index (χ0) is 28.0. The molecular formula is C26H27F2N7O4S. The molecule has 14 heteroatoms. The van der Waals surface area contributed by atoms with Gasteiger partial charge in [-0.3, -0.25) is 9.48 Å². The highest BCUT2D eigenvalue weighted by atomic mass is 32.2. The van der Waals surface area contributed by atoms with Crippen molar-refractivity contribution >= 4 is 27.1 Å². The minimum absolute atomic E-state index is 0.0132. The van der Waals surface area contributed by atoms with E-state index in [2.05, 4.69) is 25.4 Å². The van der Waals surface area contributed by atoms with Gasteiger partial charge in [-0.05, 0) is 63.5 Å². The molecule has 1 aliphatic heterocycles. The Hall–Kier alpha value is -3.91. The molecule has 1 aromatic carbocycles. The Kier molecular flexibility index (Phi) is 6.74. The summed E-state index contributed by atoms with van der Waals surface area (Å²) in [5.41, 5.74) is 0.890. The van der Waals surface area contributed by atoms with Crippen molar-refractivity contribution in [2.45, 2.75) is 55.0 Å². The van der Waals surface area contributed by atoms with E-state index in [1.54, 1.807) is 23.1 Å². The molecule has 1 aliphatic carbocycles. The number of likely N-dealkylation sites (N-methyl/N-ethyl adjacent to an activating group) is 1. The molecule has 4 aromatic rings. The topological polar surface area (TPSA) is 124 Å². The summed E-state index contributed by atoms with van der Waals surface area (Å²) in [4.78, 5) is 19.8. The summed E-state index contributed by atoms with van der Waals surface area (Å²) < 4.78 is 60.7. The molecule has 40 heavy (non-hydrogen) atoms. The average molecular weight is 572 g/mol. The fourth-order valence-corrected chi connectivity index (χ4v) is 6.73. The van der Waals surface area contributed by atoms with E-state index < -0.39 is 27.6 Å². The van der Waals surface area contributed by atoms with Gasteiger partial charge < -0.3 is 15.0 Å². The first-order chi connectivity index (χ1) is 19.2. The summed E-state index contributed by atoms with van der Waals surface area (Å²) in [6, 6.07) is 5.64. The number of fused-ring (bicyclic) bond motifs is 1. The van der Waals surface area contributed by atoms with Crippen LogP contribution in [0.15, 0.2) is 53.9 Å². The molecule has 0 radical (unpaired) electrons. The van der Waals surface area contributed by atoms with Crippen molar-refractivity contribution in [1.29, 1.82) is 0 Å². The number of hydrogen-bond acceptors (Lipinski definition) is 8. The van der Waals surface area contributed by atoms with Crippen molar-refractivity contribution in [2.24, 2.45) is 0 Å². The van der Waals surface area contributed by atoms with Crippen molar-refractivity contribution in [2.75, 3.05) is 18.9 Å². The van der Waals surface area contributed by atoms with E-state index >= 15 is 0 Å². The van der Waals surface area contributed by atoms with Gasteiger partial charge >= 0.3 is 6.61 Å². The van der Waals surface area contributed by atoms with Gasteiger partial charge in [-0.15, -0.1) is 0 Å². The van der Waals surface area contributed by atoms with E-state index in [9.17, 15) is 22.0 Å². The molecule has 1 N–H and O–H groups in total. The summed E-state index contributed by atoms with van der Waals surface area (Å²) in [6.45, 7) is -1.72. The lowest BCUT2D eigenvalue weighted by Gasteiger charge is -2.19. The van der Waals surface area contributed by atoms with E-state index in [1.807, 2.05) is 7.05 Å². The number of likely N-dealkylation sites (tertiary alicyclic amines) is 1. The van der Waals surface area contributed by atoms with Crippen molar-refractivity contribution in [3.05, 3.63) is 54.6 Å². The maximum atomic E-state index is 13.4. The molecule has 0 bridgehead atoms. The van der Waals surface area contributed by atoms with Crippen LogP contribution in [0.3, 0.4) is 0 Å². The van der Waals surface area contributed by atoms with Crippen LogP contribution in [0.5, 0.6) is 5.75 Å². The smallest absolute Gasteiger partial charge is 0.387 e. The molecule has 210 valence electrons. The lowest BCUT2D eigenvalue weighted by Crippen LogP contribution is -2.29. The Morgan fingerprint density at radius 3 is 2.80 bits per heavy atom. The SMILES string of the molecule is CN1CCCC1Cn1cc(NC(=O)c2cnn3cccnc23)c(-c2cc(S(=O)(=O)C3CC3)ccc2OC(F)F)n1. The number of rotatable bonds is 9. The number of ether oxygens (including phenoxy) is 1. The van der Waals surface area contributed by atoms with E-state index in [0.717, 1.165) is 19.4 Å². The molecule has 4 heterocycles. The third-order valence-electron chi connectivity index (χ3n) is 7.32. The highest BCUT2D eigenvalue weighted by molar-refractivity contribution is 7.92. The van der Waals surface area contributed by atoms with Gasteiger partial charge in [0.1, 0.15) is 17.0 Å². The normalized spacial score (nSPS) is 18.1. The van der Waals surface area contributed by atoms with Gasteiger partial charge in [0.15, 0.2) is 15.5 Å². The monoisotopic (exact) mass is 571 g/mol. The van der Waals surface area contributed by atoms with Crippen LogP contribution >= 0.6 is 0 Å². The molecular weight excluding hydrogens is 544 g/mol. The molecule has 1 saturated carbocycles. The molecule has 3 aromatic heterocycles. The predicted octanol–water partition coefficient (Wildman–Crippen LogP) is 3.48. The standard InChI is InChI=1S/C26H27F2N7O4S/c1-33-10-2-4-16(33)14-34-15-21(31-25(36)20-13-30-35-11-3-9-29-24(20)35)23(32-34)19-12-18(40(37,38)17-5-6-17)7-8-22(19)39-26(27)28/h3,7-9,11-13,15-17,26H,2,4-6,10,14H2,1H3,(H,31,36). The second kappa shape index (κ2) is 10.2.